The van der Waals surface area contributed by atoms with E-state index in [0.717, 1.165) is 6.07 Å². The van der Waals surface area contributed by atoms with Gasteiger partial charge in [-0.05, 0) is 47.5 Å². The monoisotopic (exact) mass is 573 g/mol. The lowest BCUT2D eigenvalue weighted by Gasteiger charge is -2.14. The second-order valence-corrected chi connectivity index (χ2v) is 8.85. The smallest absolute Gasteiger partial charge is 0.262 e. The van der Waals surface area contributed by atoms with Crippen LogP contribution >= 0.6 is 23.2 Å². The van der Waals surface area contributed by atoms with E-state index in [4.69, 9.17) is 41.9 Å². The molecule has 3 aromatic carbocycles. The first-order valence-corrected chi connectivity index (χ1v) is 12.1. The van der Waals surface area contributed by atoms with Crippen LogP contribution in [0.1, 0.15) is 15.9 Å². The molecule has 4 aromatic rings. The summed E-state index contributed by atoms with van der Waals surface area (Å²) in [7, 11) is 4.44. The topological polar surface area (TPSA) is 112 Å². The van der Waals surface area contributed by atoms with Gasteiger partial charge in [0.2, 0.25) is 16.9 Å². The number of rotatable bonds is 9. The highest BCUT2D eigenvalue weighted by Gasteiger charge is 2.25. The fourth-order valence-corrected chi connectivity index (χ4v) is 4.24. The summed E-state index contributed by atoms with van der Waals surface area (Å²) >= 11 is 12.3. The number of nitrogens with one attached hydrogen (secondary N) is 2. The van der Waals surface area contributed by atoms with E-state index in [9.17, 15) is 14.0 Å². The Labute approximate surface area is 232 Å². The molecule has 12 heteroatoms. The molecule has 0 radical (unpaired) electrons. The lowest BCUT2D eigenvalue weighted by molar-refractivity contribution is -0.115. The van der Waals surface area contributed by atoms with E-state index in [1.54, 1.807) is 36.4 Å². The fourth-order valence-electron chi connectivity index (χ4n) is 3.83. The third-order valence-electron chi connectivity index (χ3n) is 5.56. The number of anilines is 2. The van der Waals surface area contributed by atoms with Gasteiger partial charge >= 0.3 is 0 Å². The van der Waals surface area contributed by atoms with Gasteiger partial charge in [-0.3, -0.25) is 9.59 Å². The van der Waals surface area contributed by atoms with Crippen molar-refractivity contribution in [1.29, 1.82) is 0 Å². The third-order valence-corrected chi connectivity index (χ3v) is 6.15. The number of hydrogen-bond acceptors (Lipinski definition) is 7. The molecule has 0 aliphatic rings. The molecule has 1 aromatic heterocycles. The number of aromatic nitrogens is 1. The quantitative estimate of drug-likeness (QED) is 0.243. The molecule has 0 fully saturated rings. The van der Waals surface area contributed by atoms with Crippen molar-refractivity contribution >= 4 is 46.4 Å². The van der Waals surface area contributed by atoms with Gasteiger partial charge < -0.3 is 29.4 Å². The van der Waals surface area contributed by atoms with E-state index in [-0.39, 0.29) is 39.4 Å². The van der Waals surface area contributed by atoms with E-state index in [1.165, 1.54) is 33.5 Å². The minimum Gasteiger partial charge on any atom is -0.493 e. The summed E-state index contributed by atoms with van der Waals surface area (Å²) in [6, 6.07) is 13.5. The van der Waals surface area contributed by atoms with Crippen molar-refractivity contribution in [3.05, 3.63) is 81.8 Å². The van der Waals surface area contributed by atoms with E-state index < -0.39 is 11.7 Å². The van der Waals surface area contributed by atoms with Gasteiger partial charge in [-0.1, -0.05) is 28.9 Å². The van der Waals surface area contributed by atoms with Crippen LogP contribution in [0, 0.1) is 5.82 Å². The Morgan fingerprint density at radius 1 is 0.923 bits per heavy atom. The summed E-state index contributed by atoms with van der Waals surface area (Å²) in [6.45, 7) is 0. The zero-order chi connectivity index (χ0) is 28.1. The molecule has 2 amide bonds. The van der Waals surface area contributed by atoms with Crippen LogP contribution in [0.2, 0.25) is 10.2 Å². The predicted octanol–water partition coefficient (Wildman–Crippen LogP) is 6.25. The van der Waals surface area contributed by atoms with Crippen molar-refractivity contribution in [1.82, 2.24) is 5.16 Å². The number of methoxy groups -OCH3 is 3. The largest absolute Gasteiger partial charge is 0.493 e. The van der Waals surface area contributed by atoms with Crippen molar-refractivity contribution in [2.24, 2.45) is 0 Å². The highest BCUT2D eigenvalue weighted by molar-refractivity contribution is 6.35. The fraction of sp³-hybridized carbons (Fsp3) is 0.148. The Kier molecular flexibility index (Phi) is 8.58. The van der Waals surface area contributed by atoms with Gasteiger partial charge in [-0.25, -0.2) is 4.39 Å². The summed E-state index contributed by atoms with van der Waals surface area (Å²) in [5.41, 5.74) is 1.46. The molecule has 0 aliphatic heterocycles. The summed E-state index contributed by atoms with van der Waals surface area (Å²) in [5.74, 6) is -0.366. The van der Waals surface area contributed by atoms with E-state index in [2.05, 4.69) is 15.8 Å². The van der Waals surface area contributed by atoms with Crippen LogP contribution in [0.15, 0.2) is 59.1 Å². The van der Waals surface area contributed by atoms with Crippen molar-refractivity contribution in [2.45, 2.75) is 6.42 Å². The predicted molar refractivity (Wildman–Crippen MR) is 145 cm³/mol. The molecule has 0 bridgehead atoms. The molecular weight excluding hydrogens is 552 g/mol. The summed E-state index contributed by atoms with van der Waals surface area (Å²) < 4.78 is 34.7. The molecule has 4 rings (SSSR count). The Hall–Kier alpha value is -4.28. The minimum atomic E-state index is -0.657. The van der Waals surface area contributed by atoms with Gasteiger partial charge in [0.15, 0.2) is 11.5 Å². The van der Waals surface area contributed by atoms with E-state index in [1.807, 2.05) is 0 Å². The number of carbonyl (C=O) groups is 2. The standard InChI is InChI=1S/C27H22Cl2FN3O6/c1-36-20-12-17(13-21(37-2)25(20)38-3)31-22(34)10-14-5-4-6-16(9-14)32-27(35)23-24(33-39-26(23)29)18-11-15(30)7-8-19(18)28/h4-9,11-13H,10H2,1-3H3,(H,31,34)(H,32,35). The molecule has 0 atom stereocenters. The number of benzene rings is 3. The average Bonchev–Trinajstić information content (AvgIpc) is 3.30. The van der Waals surface area contributed by atoms with Crippen LogP contribution in [0.5, 0.6) is 17.2 Å². The SMILES string of the molecule is COc1cc(NC(=O)Cc2cccc(NC(=O)c3c(-c4cc(F)ccc4Cl)noc3Cl)c2)cc(OC)c1OC. The van der Waals surface area contributed by atoms with Crippen molar-refractivity contribution in [2.75, 3.05) is 32.0 Å². The minimum absolute atomic E-state index is 0.00145. The average molecular weight is 574 g/mol. The summed E-state index contributed by atoms with van der Waals surface area (Å²) in [4.78, 5) is 25.9. The first-order chi connectivity index (χ1) is 18.7. The molecule has 0 spiro atoms. The number of halogens is 3. The first-order valence-electron chi connectivity index (χ1n) is 11.3. The van der Waals surface area contributed by atoms with Gasteiger partial charge in [0.25, 0.3) is 5.91 Å². The van der Waals surface area contributed by atoms with Crippen molar-refractivity contribution in [3.63, 3.8) is 0 Å². The maximum Gasteiger partial charge on any atom is 0.262 e. The summed E-state index contributed by atoms with van der Waals surface area (Å²) in [6.07, 6.45) is -0.00145. The van der Waals surface area contributed by atoms with Crippen LogP contribution in [0.3, 0.4) is 0 Å². The number of amides is 2. The molecule has 9 nitrogen and oxygen atoms in total. The maximum absolute atomic E-state index is 13.8. The first kappa shape index (κ1) is 27.7. The number of ether oxygens (including phenoxy) is 3. The second-order valence-electron chi connectivity index (χ2n) is 8.10. The van der Waals surface area contributed by atoms with Crippen molar-refractivity contribution in [3.8, 4) is 28.5 Å². The molecule has 2 N–H and O–H groups in total. The summed E-state index contributed by atoms with van der Waals surface area (Å²) in [5, 5.41) is 9.15. The van der Waals surface area contributed by atoms with Gasteiger partial charge in [-0.15, -0.1) is 0 Å². The lowest BCUT2D eigenvalue weighted by atomic mass is 10.1. The van der Waals surface area contributed by atoms with Gasteiger partial charge in [0.05, 0.1) is 32.8 Å². The highest BCUT2D eigenvalue weighted by atomic mass is 35.5. The number of carbonyl (C=O) groups excluding carboxylic acids is 2. The number of hydrogen-bond donors (Lipinski definition) is 2. The molecule has 0 unspecified atom stereocenters. The number of nitrogens with zero attached hydrogens (tertiary/aromatic N) is 1. The Morgan fingerprint density at radius 2 is 1.64 bits per heavy atom. The molecular formula is C27H22Cl2FN3O6. The zero-order valence-electron chi connectivity index (χ0n) is 20.9. The molecule has 0 saturated carbocycles. The van der Waals surface area contributed by atoms with E-state index in [0.29, 0.717) is 34.2 Å². The molecule has 1 heterocycles. The molecule has 0 aliphatic carbocycles. The van der Waals surface area contributed by atoms with Crippen LogP contribution in [-0.2, 0) is 11.2 Å². The second kappa shape index (κ2) is 12.1. The lowest BCUT2D eigenvalue weighted by Crippen LogP contribution is -2.16. The van der Waals surface area contributed by atoms with E-state index >= 15 is 0 Å². The molecule has 39 heavy (non-hydrogen) atoms. The highest BCUT2D eigenvalue weighted by Crippen LogP contribution is 2.40. The van der Waals surface area contributed by atoms with Gasteiger partial charge in [-0.2, -0.15) is 0 Å². The zero-order valence-corrected chi connectivity index (χ0v) is 22.4. The maximum atomic E-state index is 13.8. The van der Waals surface area contributed by atoms with Gasteiger partial charge in [0, 0.05) is 29.1 Å². The Morgan fingerprint density at radius 3 is 2.31 bits per heavy atom. The van der Waals surface area contributed by atoms with Crippen molar-refractivity contribution < 1.29 is 32.7 Å². The van der Waals surface area contributed by atoms with Crippen LogP contribution in [0.25, 0.3) is 11.3 Å². The van der Waals surface area contributed by atoms with Gasteiger partial charge in [0.1, 0.15) is 17.1 Å². The normalized spacial score (nSPS) is 10.6. The molecule has 202 valence electrons. The third kappa shape index (κ3) is 6.24. The van der Waals surface area contributed by atoms with Crippen LogP contribution in [-0.4, -0.2) is 38.3 Å². The Bertz CT molecular complexity index is 1520. The van der Waals surface area contributed by atoms with Crippen LogP contribution in [0.4, 0.5) is 15.8 Å². The Balaban J connectivity index is 1.50. The van der Waals surface area contributed by atoms with Crippen LogP contribution < -0.4 is 24.8 Å². The molecule has 0 saturated heterocycles.